The van der Waals surface area contributed by atoms with Crippen molar-refractivity contribution < 1.29 is 29.0 Å². The molecule has 7 nitrogen and oxygen atoms in total. The minimum Gasteiger partial charge on any atom is -0.461 e. The molecule has 1 aromatic rings. The number of rotatable bonds is 9. The summed E-state index contributed by atoms with van der Waals surface area (Å²) < 4.78 is 10.6. The number of carbonyl (C=O) groups is 3. The van der Waals surface area contributed by atoms with Gasteiger partial charge >= 0.3 is 11.9 Å². The molecule has 0 fully saturated rings. The predicted octanol–water partition coefficient (Wildman–Crippen LogP) is 2.97. The van der Waals surface area contributed by atoms with Crippen LogP contribution in [0.5, 0.6) is 0 Å². The Kier molecular flexibility index (Phi) is 9.00. The molecule has 1 aromatic carbocycles. The van der Waals surface area contributed by atoms with Gasteiger partial charge in [0.1, 0.15) is 18.2 Å². The van der Waals surface area contributed by atoms with Gasteiger partial charge < -0.3 is 19.9 Å². The molecule has 0 bridgehead atoms. The highest BCUT2D eigenvalue weighted by Gasteiger charge is 2.29. The summed E-state index contributed by atoms with van der Waals surface area (Å²) in [6.07, 6.45) is 5.64. The largest absolute Gasteiger partial charge is 0.461 e. The van der Waals surface area contributed by atoms with E-state index in [1.165, 1.54) is 0 Å². The molecule has 2 rings (SSSR count). The molecule has 0 aliphatic heterocycles. The standard InChI is InChI=1S/C24H31NO6/c1-24(2,3)31-23(29)20(15-22(28)30-16-18-8-5-4-6-9-18)25-21(27)13-12-17-10-7-11-19(26)14-17/h4-10,14,19-20,26H,11-13,15-16H2,1-3H3,(H,25,27)/t19?,20-/m0/s1. The van der Waals surface area contributed by atoms with Crippen LogP contribution in [0.1, 0.15) is 52.0 Å². The molecular weight excluding hydrogens is 398 g/mol. The Labute approximate surface area is 183 Å². The maximum Gasteiger partial charge on any atom is 0.329 e. The van der Waals surface area contributed by atoms with Crippen LogP contribution in [-0.4, -0.2) is 40.7 Å². The van der Waals surface area contributed by atoms with Gasteiger partial charge in [0, 0.05) is 6.42 Å². The smallest absolute Gasteiger partial charge is 0.329 e. The first kappa shape index (κ1) is 24.3. The SMILES string of the molecule is CC(C)(C)OC(=O)[C@H](CC(=O)OCc1ccccc1)NC(=O)CCC1=CC(O)CC=C1. The van der Waals surface area contributed by atoms with Crippen molar-refractivity contribution >= 4 is 17.8 Å². The molecule has 7 heteroatoms. The summed E-state index contributed by atoms with van der Waals surface area (Å²) in [6, 6.07) is 8.04. The minimum atomic E-state index is -1.14. The summed E-state index contributed by atoms with van der Waals surface area (Å²) in [5, 5.41) is 12.3. The predicted molar refractivity (Wildman–Crippen MR) is 116 cm³/mol. The molecule has 168 valence electrons. The number of ether oxygens (including phenoxy) is 2. The third-order valence-corrected chi connectivity index (χ3v) is 4.40. The number of hydrogen-bond acceptors (Lipinski definition) is 6. The van der Waals surface area contributed by atoms with Gasteiger partial charge in [-0.3, -0.25) is 9.59 Å². The van der Waals surface area contributed by atoms with Gasteiger partial charge in [0.15, 0.2) is 0 Å². The topological polar surface area (TPSA) is 102 Å². The number of esters is 2. The fourth-order valence-corrected chi connectivity index (χ4v) is 2.95. The Balaban J connectivity index is 1.93. The van der Waals surface area contributed by atoms with E-state index in [0.29, 0.717) is 12.8 Å². The number of allylic oxidation sites excluding steroid dienone is 2. The van der Waals surface area contributed by atoms with E-state index in [0.717, 1.165) is 11.1 Å². The first-order valence-corrected chi connectivity index (χ1v) is 10.4. The molecule has 0 saturated carbocycles. The lowest BCUT2D eigenvalue weighted by Gasteiger charge is -2.24. The summed E-state index contributed by atoms with van der Waals surface area (Å²) >= 11 is 0. The second-order valence-electron chi connectivity index (χ2n) is 8.45. The van der Waals surface area contributed by atoms with Crippen LogP contribution in [0, 0.1) is 0 Å². The highest BCUT2D eigenvalue weighted by molar-refractivity contribution is 5.88. The van der Waals surface area contributed by atoms with Crippen molar-refractivity contribution in [2.45, 2.75) is 70.8 Å². The minimum absolute atomic E-state index is 0.0808. The van der Waals surface area contributed by atoms with Crippen LogP contribution >= 0.6 is 0 Å². The van der Waals surface area contributed by atoms with Crippen molar-refractivity contribution in [3.05, 3.63) is 59.7 Å². The number of aliphatic hydroxyl groups excluding tert-OH is 1. The van der Waals surface area contributed by atoms with Gasteiger partial charge in [0.05, 0.1) is 12.5 Å². The van der Waals surface area contributed by atoms with Crippen molar-refractivity contribution in [3.63, 3.8) is 0 Å². The van der Waals surface area contributed by atoms with Crippen molar-refractivity contribution in [3.8, 4) is 0 Å². The van der Waals surface area contributed by atoms with Crippen LogP contribution < -0.4 is 5.32 Å². The first-order chi connectivity index (χ1) is 14.6. The van der Waals surface area contributed by atoms with Crippen molar-refractivity contribution in [2.75, 3.05) is 0 Å². The molecule has 31 heavy (non-hydrogen) atoms. The zero-order valence-corrected chi connectivity index (χ0v) is 18.3. The van der Waals surface area contributed by atoms with Gasteiger partial charge in [0.25, 0.3) is 0 Å². The molecule has 2 N–H and O–H groups in total. The summed E-state index contributed by atoms with van der Waals surface area (Å²) in [4.78, 5) is 37.3. The summed E-state index contributed by atoms with van der Waals surface area (Å²) in [5.41, 5.74) is 0.914. The summed E-state index contributed by atoms with van der Waals surface area (Å²) in [5.74, 6) is -1.69. The third kappa shape index (κ3) is 9.61. The van der Waals surface area contributed by atoms with Crippen molar-refractivity contribution in [1.29, 1.82) is 0 Å². The van der Waals surface area contributed by atoms with E-state index in [1.54, 1.807) is 26.8 Å². The normalized spacial score (nSPS) is 16.8. The van der Waals surface area contributed by atoms with E-state index in [4.69, 9.17) is 9.47 Å². The van der Waals surface area contributed by atoms with Gasteiger partial charge in [0.2, 0.25) is 5.91 Å². The average Bonchev–Trinajstić information content (AvgIpc) is 2.70. The molecule has 2 atom stereocenters. The fraction of sp³-hybridized carbons (Fsp3) is 0.458. The van der Waals surface area contributed by atoms with Gasteiger partial charge in [-0.15, -0.1) is 0 Å². The van der Waals surface area contributed by atoms with E-state index in [9.17, 15) is 19.5 Å². The lowest BCUT2D eigenvalue weighted by molar-refractivity contribution is -0.162. The Hall–Kier alpha value is -2.93. The van der Waals surface area contributed by atoms with Gasteiger partial charge in [-0.1, -0.05) is 48.6 Å². The molecule has 1 amide bonds. The van der Waals surface area contributed by atoms with Crippen LogP contribution in [0.3, 0.4) is 0 Å². The highest BCUT2D eigenvalue weighted by atomic mass is 16.6. The number of hydrogen-bond donors (Lipinski definition) is 2. The fourth-order valence-electron chi connectivity index (χ4n) is 2.95. The number of amides is 1. The van der Waals surface area contributed by atoms with Gasteiger partial charge in [-0.05, 0) is 44.7 Å². The van der Waals surface area contributed by atoms with E-state index >= 15 is 0 Å². The third-order valence-electron chi connectivity index (χ3n) is 4.40. The number of nitrogens with one attached hydrogen (secondary N) is 1. The van der Waals surface area contributed by atoms with Crippen LogP contribution in [-0.2, 0) is 30.5 Å². The van der Waals surface area contributed by atoms with Crippen LogP contribution in [0.15, 0.2) is 54.1 Å². The number of benzene rings is 1. The zero-order valence-electron chi connectivity index (χ0n) is 18.3. The molecule has 0 saturated heterocycles. The second-order valence-corrected chi connectivity index (χ2v) is 8.45. The molecule has 0 spiro atoms. The summed E-state index contributed by atoms with van der Waals surface area (Å²) in [7, 11) is 0. The molecule has 1 aliphatic rings. The Morgan fingerprint density at radius 2 is 1.90 bits per heavy atom. The highest BCUT2D eigenvalue weighted by Crippen LogP contribution is 2.16. The maximum atomic E-state index is 12.6. The van der Waals surface area contributed by atoms with Crippen molar-refractivity contribution in [1.82, 2.24) is 5.32 Å². The van der Waals surface area contributed by atoms with E-state index < -0.39 is 29.7 Å². The van der Waals surface area contributed by atoms with Crippen LogP contribution in [0.25, 0.3) is 0 Å². The van der Waals surface area contributed by atoms with E-state index in [1.807, 2.05) is 42.5 Å². The monoisotopic (exact) mass is 429 g/mol. The number of aliphatic hydroxyl groups is 1. The maximum absolute atomic E-state index is 12.6. The molecule has 1 unspecified atom stereocenters. The van der Waals surface area contributed by atoms with E-state index in [-0.39, 0.29) is 25.4 Å². The molecule has 0 aromatic heterocycles. The second kappa shape index (κ2) is 11.5. The quantitative estimate of drug-likeness (QED) is 0.585. The molecular formula is C24H31NO6. The Morgan fingerprint density at radius 1 is 1.19 bits per heavy atom. The Bertz CT molecular complexity index is 822. The molecule has 0 radical (unpaired) electrons. The average molecular weight is 430 g/mol. The Morgan fingerprint density at radius 3 is 2.55 bits per heavy atom. The lowest BCUT2D eigenvalue weighted by Crippen LogP contribution is -2.45. The van der Waals surface area contributed by atoms with Crippen LogP contribution in [0.4, 0.5) is 0 Å². The van der Waals surface area contributed by atoms with E-state index in [2.05, 4.69) is 5.32 Å². The van der Waals surface area contributed by atoms with Crippen molar-refractivity contribution in [2.24, 2.45) is 0 Å². The first-order valence-electron chi connectivity index (χ1n) is 10.4. The van der Waals surface area contributed by atoms with Gasteiger partial charge in [-0.25, -0.2) is 4.79 Å². The molecule has 0 heterocycles. The zero-order chi connectivity index (χ0) is 22.9. The van der Waals surface area contributed by atoms with Gasteiger partial charge in [-0.2, -0.15) is 0 Å². The number of carbonyl (C=O) groups excluding carboxylic acids is 3. The summed E-state index contributed by atoms with van der Waals surface area (Å²) in [6.45, 7) is 5.22. The van der Waals surface area contributed by atoms with Crippen LogP contribution in [0.2, 0.25) is 0 Å². The lowest BCUT2D eigenvalue weighted by atomic mass is 10.0. The molecule has 1 aliphatic carbocycles.